The molecule has 0 saturated carbocycles. The van der Waals surface area contributed by atoms with Crippen LogP contribution in [0.15, 0.2) is 71.6 Å². The molecule has 0 saturated heterocycles. The van der Waals surface area contributed by atoms with Gasteiger partial charge in [-0.2, -0.15) is 0 Å². The van der Waals surface area contributed by atoms with E-state index < -0.39 is 10.0 Å². The molecule has 3 aromatic rings. The number of aryl methyl sites for hydroxylation is 2. The Hall–Kier alpha value is -2.83. The molecule has 7 heteroatoms. The third-order valence-electron chi connectivity index (χ3n) is 5.03. The molecule has 0 bridgehead atoms. The van der Waals surface area contributed by atoms with E-state index in [1.165, 1.54) is 17.7 Å². The van der Waals surface area contributed by atoms with Crippen LogP contribution in [0, 0.1) is 6.92 Å². The van der Waals surface area contributed by atoms with E-state index in [0.29, 0.717) is 34.8 Å². The van der Waals surface area contributed by atoms with Gasteiger partial charge in [-0.25, -0.2) is 8.42 Å². The van der Waals surface area contributed by atoms with Gasteiger partial charge in [-0.3, -0.25) is 9.52 Å². The molecule has 0 atom stereocenters. The predicted molar refractivity (Wildman–Crippen MR) is 126 cm³/mol. The Bertz CT molecular complexity index is 1160. The Morgan fingerprint density at radius 1 is 0.935 bits per heavy atom. The van der Waals surface area contributed by atoms with Crippen molar-refractivity contribution in [2.45, 2.75) is 38.0 Å². The number of halogens is 1. The zero-order valence-corrected chi connectivity index (χ0v) is 19.1. The van der Waals surface area contributed by atoms with Gasteiger partial charge in [-0.1, -0.05) is 48.9 Å². The molecule has 0 unspecified atom stereocenters. The Labute approximate surface area is 188 Å². The summed E-state index contributed by atoms with van der Waals surface area (Å²) < 4.78 is 27.9. The van der Waals surface area contributed by atoms with E-state index in [1.807, 2.05) is 12.1 Å². The number of amides is 1. The highest BCUT2D eigenvalue weighted by Gasteiger charge is 2.16. The lowest BCUT2D eigenvalue weighted by Crippen LogP contribution is -2.15. The van der Waals surface area contributed by atoms with Crippen LogP contribution in [0.3, 0.4) is 0 Å². The highest BCUT2D eigenvalue weighted by molar-refractivity contribution is 7.92. The fourth-order valence-electron chi connectivity index (χ4n) is 3.06. The number of sulfonamides is 1. The van der Waals surface area contributed by atoms with Crippen molar-refractivity contribution >= 4 is 38.9 Å². The first-order valence-electron chi connectivity index (χ1n) is 10.0. The number of hydrogen-bond donors (Lipinski definition) is 2. The second-order valence-electron chi connectivity index (χ2n) is 7.26. The normalized spacial score (nSPS) is 11.2. The van der Waals surface area contributed by atoms with Crippen LogP contribution in [0.25, 0.3) is 0 Å². The summed E-state index contributed by atoms with van der Waals surface area (Å²) in [4.78, 5) is 12.3. The van der Waals surface area contributed by atoms with Crippen LogP contribution in [0.5, 0.6) is 0 Å². The Kier molecular flexibility index (Phi) is 7.36. The number of carbonyl (C=O) groups is 1. The third-order valence-corrected chi connectivity index (χ3v) is 6.82. The van der Waals surface area contributed by atoms with Gasteiger partial charge in [0.2, 0.25) is 5.91 Å². The number of nitrogens with one attached hydrogen (secondary N) is 2. The summed E-state index contributed by atoms with van der Waals surface area (Å²) >= 11 is 6.06. The average molecular weight is 457 g/mol. The molecule has 0 radical (unpaired) electrons. The van der Waals surface area contributed by atoms with E-state index in [1.54, 1.807) is 37.3 Å². The second-order valence-corrected chi connectivity index (χ2v) is 9.35. The van der Waals surface area contributed by atoms with E-state index in [2.05, 4.69) is 29.1 Å². The largest absolute Gasteiger partial charge is 0.326 e. The molecule has 0 aliphatic heterocycles. The number of rotatable bonds is 8. The molecule has 0 spiro atoms. The van der Waals surface area contributed by atoms with Gasteiger partial charge in [0, 0.05) is 17.1 Å². The van der Waals surface area contributed by atoms with Crippen molar-refractivity contribution < 1.29 is 13.2 Å². The minimum atomic E-state index is -3.77. The topological polar surface area (TPSA) is 75.3 Å². The molecule has 162 valence electrons. The molecule has 5 nitrogen and oxygen atoms in total. The summed E-state index contributed by atoms with van der Waals surface area (Å²) in [6.07, 6.45) is 1.98. The molecule has 0 aliphatic carbocycles. The van der Waals surface area contributed by atoms with Gasteiger partial charge in [0.15, 0.2) is 0 Å². The molecule has 0 heterocycles. The van der Waals surface area contributed by atoms with Gasteiger partial charge in [-0.05, 0) is 72.9 Å². The maximum atomic E-state index is 12.7. The first kappa shape index (κ1) is 22.8. The van der Waals surface area contributed by atoms with Crippen LogP contribution >= 0.6 is 11.6 Å². The summed E-state index contributed by atoms with van der Waals surface area (Å²) in [6.45, 7) is 3.85. The molecular weight excluding hydrogens is 432 g/mol. The van der Waals surface area contributed by atoms with E-state index in [9.17, 15) is 13.2 Å². The lowest BCUT2D eigenvalue weighted by Gasteiger charge is -2.12. The summed E-state index contributed by atoms with van der Waals surface area (Å²) in [5.74, 6) is -0.122. The maximum absolute atomic E-state index is 12.7. The van der Waals surface area contributed by atoms with Gasteiger partial charge in [0.25, 0.3) is 10.0 Å². The van der Waals surface area contributed by atoms with Crippen LogP contribution in [0.4, 0.5) is 11.4 Å². The van der Waals surface area contributed by atoms with Crippen molar-refractivity contribution in [3.8, 4) is 0 Å². The SMILES string of the molecule is CCc1ccc(CCC(=O)Nc2ccc(S(=O)(=O)Nc3cccc(Cl)c3C)cc2)cc1. The lowest BCUT2D eigenvalue weighted by atomic mass is 10.1. The van der Waals surface area contributed by atoms with Crippen LogP contribution < -0.4 is 10.0 Å². The number of carbonyl (C=O) groups excluding carboxylic acids is 1. The summed E-state index contributed by atoms with van der Waals surface area (Å²) in [6, 6.07) is 19.3. The molecule has 31 heavy (non-hydrogen) atoms. The maximum Gasteiger partial charge on any atom is 0.261 e. The number of hydrogen-bond acceptors (Lipinski definition) is 3. The van der Waals surface area contributed by atoms with E-state index in [4.69, 9.17) is 11.6 Å². The number of benzene rings is 3. The fraction of sp³-hybridized carbons (Fsp3) is 0.208. The highest BCUT2D eigenvalue weighted by Crippen LogP contribution is 2.26. The molecule has 0 aliphatic rings. The molecule has 0 aromatic heterocycles. The van der Waals surface area contributed by atoms with Gasteiger partial charge in [-0.15, -0.1) is 0 Å². The Morgan fingerprint density at radius 3 is 2.23 bits per heavy atom. The average Bonchev–Trinajstić information content (AvgIpc) is 2.76. The molecule has 3 aromatic carbocycles. The quantitative estimate of drug-likeness (QED) is 0.464. The smallest absolute Gasteiger partial charge is 0.261 e. The van der Waals surface area contributed by atoms with Crippen molar-refractivity contribution in [2.75, 3.05) is 10.0 Å². The van der Waals surface area contributed by atoms with E-state index >= 15 is 0 Å². The zero-order valence-electron chi connectivity index (χ0n) is 17.5. The van der Waals surface area contributed by atoms with Gasteiger partial charge >= 0.3 is 0 Å². The standard InChI is InChI=1S/C24H25ClN2O3S/c1-3-18-7-9-19(10-8-18)11-16-24(28)26-20-12-14-21(15-13-20)31(29,30)27-23-6-4-5-22(25)17(23)2/h4-10,12-15,27H,3,11,16H2,1-2H3,(H,26,28). The molecule has 2 N–H and O–H groups in total. The minimum absolute atomic E-state index is 0.0980. The van der Waals surface area contributed by atoms with Crippen LogP contribution in [-0.4, -0.2) is 14.3 Å². The lowest BCUT2D eigenvalue weighted by molar-refractivity contribution is -0.116. The van der Waals surface area contributed by atoms with Crippen molar-refractivity contribution in [2.24, 2.45) is 0 Å². The van der Waals surface area contributed by atoms with Crippen molar-refractivity contribution in [3.63, 3.8) is 0 Å². The van der Waals surface area contributed by atoms with Crippen molar-refractivity contribution in [3.05, 3.63) is 88.4 Å². The predicted octanol–water partition coefficient (Wildman–Crippen LogP) is 5.58. The molecule has 3 rings (SSSR count). The molecule has 1 amide bonds. The first-order chi connectivity index (χ1) is 14.8. The highest BCUT2D eigenvalue weighted by atomic mass is 35.5. The fourth-order valence-corrected chi connectivity index (χ4v) is 4.36. The Morgan fingerprint density at radius 2 is 1.58 bits per heavy atom. The summed E-state index contributed by atoms with van der Waals surface area (Å²) in [5.41, 5.74) is 4.00. The second kappa shape index (κ2) is 9.98. The summed E-state index contributed by atoms with van der Waals surface area (Å²) in [5, 5.41) is 3.29. The Balaban J connectivity index is 1.59. The first-order valence-corrected chi connectivity index (χ1v) is 11.9. The van der Waals surface area contributed by atoms with E-state index in [-0.39, 0.29) is 10.8 Å². The number of anilines is 2. The molecular formula is C24H25ClN2O3S. The third kappa shape index (κ3) is 6.09. The van der Waals surface area contributed by atoms with Crippen molar-refractivity contribution in [1.82, 2.24) is 0 Å². The van der Waals surface area contributed by atoms with Gasteiger partial charge in [0.1, 0.15) is 0 Å². The van der Waals surface area contributed by atoms with Crippen molar-refractivity contribution in [1.29, 1.82) is 0 Å². The van der Waals surface area contributed by atoms with Gasteiger partial charge < -0.3 is 5.32 Å². The van der Waals surface area contributed by atoms with Crippen LogP contribution in [-0.2, 0) is 27.7 Å². The zero-order chi connectivity index (χ0) is 22.4. The van der Waals surface area contributed by atoms with Crippen LogP contribution in [0.2, 0.25) is 5.02 Å². The summed E-state index contributed by atoms with van der Waals surface area (Å²) in [7, 11) is -3.77. The monoisotopic (exact) mass is 456 g/mol. The minimum Gasteiger partial charge on any atom is -0.326 e. The van der Waals surface area contributed by atoms with Gasteiger partial charge in [0.05, 0.1) is 10.6 Å². The van der Waals surface area contributed by atoms with Crippen LogP contribution in [0.1, 0.15) is 30.0 Å². The van der Waals surface area contributed by atoms with E-state index in [0.717, 1.165) is 12.0 Å². The molecule has 0 fully saturated rings.